The molecule has 0 aliphatic carbocycles. The number of fused-ring (bicyclic) bond motifs is 3. The Labute approximate surface area is 116 Å². The zero-order chi connectivity index (χ0) is 14.1. The van der Waals surface area contributed by atoms with Crippen LogP contribution in [0.3, 0.4) is 0 Å². The zero-order valence-electron chi connectivity index (χ0n) is 11.4. The van der Waals surface area contributed by atoms with Crippen LogP contribution in [0, 0.1) is 0 Å². The third kappa shape index (κ3) is 1.90. The Bertz CT molecular complexity index is 789. The Morgan fingerprint density at radius 3 is 2.75 bits per heavy atom. The number of carbonyl (C=O) groups is 1. The first-order valence-corrected chi connectivity index (χ1v) is 6.50. The smallest absolute Gasteiger partial charge is 0.338 e. The molecule has 3 aromatic rings. The number of para-hydroxylation sites is 1. The summed E-state index contributed by atoms with van der Waals surface area (Å²) in [7, 11) is 1.59. The van der Waals surface area contributed by atoms with Gasteiger partial charge in [0.05, 0.1) is 24.8 Å². The number of rotatable bonds is 3. The monoisotopic (exact) mass is 269 g/mol. The lowest BCUT2D eigenvalue weighted by Gasteiger charge is -2.06. The Morgan fingerprint density at radius 1 is 1.20 bits per heavy atom. The molecule has 0 bridgehead atoms. The van der Waals surface area contributed by atoms with Crippen LogP contribution < -0.4 is 4.74 Å². The average molecular weight is 269 g/mol. The minimum absolute atomic E-state index is 0.335. The second kappa shape index (κ2) is 4.89. The molecule has 1 aromatic heterocycles. The van der Waals surface area contributed by atoms with Crippen LogP contribution in [0.25, 0.3) is 21.8 Å². The summed E-state index contributed by atoms with van der Waals surface area (Å²) in [6, 6.07) is 11.5. The Morgan fingerprint density at radius 2 is 2.00 bits per heavy atom. The predicted molar refractivity (Wildman–Crippen MR) is 78.3 cm³/mol. The van der Waals surface area contributed by atoms with Gasteiger partial charge in [-0.3, -0.25) is 0 Å². The van der Waals surface area contributed by atoms with E-state index in [1.54, 1.807) is 20.1 Å². The van der Waals surface area contributed by atoms with Crippen LogP contribution in [-0.4, -0.2) is 24.7 Å². The summed E-state index contributed by atoms with van der Waals surface area (Å²) < 4.78 is 10.4. The highest BCUT2D eigenvalue weighted by molar-refractivity contribution is 6.11. The van der Waals surface area contributed by atoms with Crippen molar-refractivity contribution < 1.29 is 14.3 Å². The maximum Gasteiger partial charge on any atom is 0.338 e. The molecule has 0 saturated heterocycles. The number of benzene rings is 2. The molecular weight excluding hydrogens is 254 g/mol. The normalized spacial score (nSPS) is 10.9. The molecule has 3 rings (SSSR count). The molecule has 20 heavy (non-hydrogen) atoms. The summed E-state index contributed by atoms with van der Waals surface area (Å²) in [4.78, 5) is 15.2. The van der Waals surface area contributed by atoms with Crippen molar-refractivity contribution in [2.45, 2.75) is 6.92 Å². The molecule has 1 heterocycles. The molecule has 102 valence electrons. The molecule has 0 atom stereocenters. The second-order valence-corrected chi connectivity index (χ2v) is 4.49. The highest BCUT2D eigenvalue weighted by Crippen LogP contribution is 2.33. The third-order valence-electron chi connectivity index (χ3n) is 3.31. The Balaban J connectivity index is 2.30. The number of methoxy groups -OCH3 is 1. The molecule has 0 aliphatic rings. The fraction of sp³-hybridized carbons (Fsp3) is 0.188. The summed E-state index contributed by atoms with van der Waals surface area (Å²) >= 11 is 0. The highest BCUT2D eigenvalue weighted by Gasteiger charge is 2.14. The lowest BCUT2D eigenvalue weighted by atomic mass is 10.1. The second-order valence-electron chi connectivity index (χ2n) is 4.49. The molecule has 4 heteroatoms. The number of carbonyl (C=O) groups excluding carboxylic acids is 1. The quantitative estimate of drug-likeness (QED) is 0.740. The fourth-order valence-electron chi connectivity index (χ4n) is 2.41. The molecule has 2 aromatic carbocycles. The number of hydrogen-bond donors (Lipinski definition) is 1. The van der Waals surface area contributed by atoms with Crippen LogP contribution in [0.5, 0.6) is 5.75 Å². The van der Waals surface area contributed by atoms with Gasteiger partial charge in [-0.2, -0.15) is 0 Å². The molecule has 0 radical (unpaired) electrons. The van der Waals surface area contributed by atoms with Gasteiger partial charge >= 0.3 is 5.97 Å². The Hall–Kier alpha value is -2.49. The first-order valence-electron chi connectivity index (χ1n) is 6.50. The molecule has 1 N–H and O–H groups in total. The average Bonchev–Trinajstić information content (AvgIpc) is 2.85. The SMILES string of the molecule is CCOC(=O)c1cc(OC)c2[nH]c3ccccc3c2c1. The van der Waals surface area contributed by atoms with E-state index in [-0.39, 0.29) is 5.97 Å². The molecule has 0 spiro atoms. The molecule has 4 nitrogen and oxygen atoms in total. The predicted octanol–water partition coefficient (Wildman–Crippen LogP) is 3.51. The van der Waals surface area contributed by atoms with Crippen molar-refractivity contribution >= 4 is 27.8 Å². The van der Waals surface area contributed by atoms with E-state index in [9.17, 15) is 4.79 Å². The third-order valence-corrected chi connectivity index (χ3v) is 3.31. The van der Waals surface area contributed by atoms with E-state index >= 15 is 0 Å². The summed E-state index contributed by atoms with van der Waals surface area (Å²) in [6.45, 7) is 2.15. The topological polar surface area (TPSA) is 51.3 Å². The number of ether oxygens (including phenoxy) is 2. The van der Waals surface area contributed by atoms with Gasteiger partial charge in [-0.25, -0.2) is 4.79 Å². The van der Waals surface area contributed by atoms with E-state index < -0.39 is 0 Å². The van der Waals surface area contributed by atoms with E-state index in [4.69, 9.17) is 9.47 Å². The van der Waals surface area contributed by atoms with Crippen molar-refractivity contribution in [3.63, 3.8) is 0 Å². The molecule has 0 aliphatic heterocycles. The molecule has 0 unspecified atom stereocenters. The van der Waals surface area contributed by atoms with Crippen molar-refractivity contribution in [1.82, 2.24) is 4.98 Å². The number of esters is 1. The van der Waals surface area contributed by atoms with E-state index in [0.29, 0.717) is 17.9 Å². The lowest BCUT2D eigenvalue weighted by molar-refractivity contribution is 0.0526. The van der Waals surface area contributed by atoms with Crippen LogP contribution in [0.15, 0.2) is 36.4 Å². The van der Waals surface area contributed by atoms with Crippen molar-refractivity contribution in [2.75, 3.05) is 13.7 Å². The highest BCUT2D eigenvalue weighted by atomic mass is 16.5. The minimum atomic E-state index is -0.335. The Kier molecular flexibility index (Phi) is 3.06. The summed E-state index contributed by atoms with van der Waals surface area (Å²) in [6.07, 6.45) is 0. The number of hydrogen-bond acceptors (Lipinski definition) is 3. The zero-order valence-corrected chi connectivity index (χ0v) is 11.4. The fourth-order valence-corrected chi connectivity index (χ4v) is 2.41. The van der Waals surface area contributed by atoms with E-state index in [0.717, 1.165) is 21.8 Å². The van der Waals surface area contributed by atoms with Gasteiger partial charge in [0.1, 0.15) is 5.75 Å². The maximum atomic E-state index is 11.9. The van der Waals surface area contributed by atoms with Gasteiger partial charge in [0.2, 0.25) is 0 Å². The standard InChI is InChI=1S/C16H15NO3/c1-3-20-16(18)10-8-12-11-6-4-5-7-13(11)17-15(12)14(9-10)19-2/h4-9,17H,3H2,1-2H3. The largest absolute Gasteiger partial charge is 0.495 e. The molecule has 0 saturated carbocycles. The first kappa shape index (κ1) is 12.5. The first-order chi connectivity index (χ1) is 9.74. The van der Waals surface area contributed by atoms with Crippen molar-refractivity contribution in [1.29, 1.82) is 0 Å². The van der Waals surface area contributed by atoms with E-state index in [1.165, 1.54) is 0 Å². The van der Waals surface area contributed by atoms with Crippen molar-refractivity contribution in [2.24, 2.45) is 0 Å². The van der Waals surface area contributed by atoms with Crippen molar-refractivity contribution in [3.05, 3.63) is 42.0 Å². The van der Waals surface area contributed by atoms with Crippen LogP contribution in [0.2, 0.25) is 0 Å². The number of aromatic amines is 1. The molecule has 0 fully saturated rings. The van der Waals surface area contributed by atoms with Gasteiger partial charge in [0, 0.05) is 16.3 Å². The summed E-state index contributed by atoms with van der Waals surface area (Å²) in [5, 5.41) is 2.02. The van der Waals surface area contributed by atoms with E-state index in [2.05, 4.69) is 4.98 Å². The number of nitrogens with one attached hydrogen (secondary N) is 1. The van der Waals surface area contributed by atoms with Crippen LogP contribution in [0.1, 0.15) is 17.3 Å². The summed E-state index contributed by atoms with van der Waals surface area (Å²) in [5.74, 6) is 0.305. The number of H-pyrrole nitrogens is 1. The van der Waals surface area contributed by atoms with Gasteiger partial charge in [-0.15, -0.1) is 0 Å². The van der Waals surface area contributed by atoms with Gasteiger partial charge < -0.3 is 14.5 Å². The maximum absolute atomic E-state index is 11.9. The van der Waals surface area contributed by atoms with Gasteiger partial charge in [-0.05, 0) is 25.1 Å². The molecular formula is C16H15NO3. The van der Waals surface area contributed by atoms with Gasteiger partial charge in [0.25, 0.3) is 0 Å². The van der Waals surface area contributed by atoms with Crippen LogP contribution in [-0.2, 0) is 4.74 Å². The number of aromatic nitrogens is 1. The minimum Gasteiger partial charge on any atom is -0.495 e. The lowest BCUT2D eigenvalue weighted by Crippen LogP contribution is -2.04. The van der Waals surface area contributed by atoms with Gasteiger partial charge in [0.15, 0.2) is 0 Å². The summed E-state index contributed by atoms with van der Waals surface area (Å²) in [5.41, 5.74) is 2.41. The van der Waals surface area contributed by atoms with E-state index in [1.807, 2.05) is 30.3 Å². The van der Waals surface area contributed by atoms with Gasteiger partial charge in [-0.1, -0.05) is 18.2 Å². The van der Waals surface area contributed by atoms with Crippen molar-refractivity contribution in [3.8, 4) is 5.75 Å². The molecule has 0 amide bonds. The van der Waals surface area contributed by atoms with Crippen LogP contribution in [0.4, 0.5) is 0 Å². The van der Waals surface area contributed by atoms with Crippen LogP contribution >= 0.6 is 0 Å².